The lowest BCUT2D eigenvalue weighted by Crippen LogP contribution is -2.25. The SMILES string of the molecule is C=C(C)CN(CCC)c1cnn2cc(-c3cnn(C)c3)ccc12. The van der Waals surface area contributed by atoms with E-state index in [1.165, 1.54) is 0 Å². The van der Waals surface area contributed by atoms with E-state index in [1.807, 2.05) is 34.8 Å². The minimum absolute atomic E-state index is 0.861. The van der Waals surface area contributed by atoms with Crippen molar-refractivity contribution < 1.29 is 0 Å². The van der Waals surface area contributed by atoms with Crippen LogP contribution >= 0.6 is 0 Å². The fourth-order valence-corrected chi connectivity index (χ4v) is 2.84. The Labute approximate surface area is 136 Å². The van der Waals surface area contributed by atoms with Gasteiger partial charge in [-0.25, -0.2) is 4.52 Å². The molecule has 5 nitrogen and oxygen atoms in total. The standard InChI is InChI=1S/C18H23N5/c1-5-8-22(11-14(2)3)18-10-20-23-13-15(6-7-17(18)23)16-9-19-21(4)12-16/h6-7,9-10,12-13H,2,5,8,11H2,1,3-4H3. The van der Waals surface area contributed by atoms with E-state index in [1.54, 1.807) is 0 Å². The van der Waals surface area contributed by atoms with Gasteiger partial charge in [0.2, 0.25) is 0 Å². The molecule has 0 aliphatic heterocycles. The summed E-state index contributed by atoms with van der Waals surface area (Å²) in [5.74, 6) is 0. The van der Waals surface area contributed by atoms with Crippen molar-refractivity contribution in [2.45, 2.75) is 20.3 Å². The highest BCUT2D eigenvalue weighted by Gasteiger charge is 2.13. The maximum Gasteiger partial charge on any atom is 0.0896 e. The van der Waals surface area contributed by atoms with Gasteiger partial charge < -0.3 is 4.90 Å². The van der Waals surface area contributed by atoms with E-state index < -0.39 is 0 Å². The molecule has 3 aromatic heterocycles. The molecule has 0 unspecified atom stereocenters. The minimum atomic E-state index is 0.861. The molecule has 3 heterocycles. The van der Waals surface area contributed by atoms with Gasteiger partial charge in [0.15, 0.2) is 0 Å². The summed E-state index contributed by atoms with van der Waals surface area (Å²) in [6.07, 6.45) is 8.98. The molecule has 0 aliphatic carbocycles. The lowest BCUT2D eigenvalue weighted by Gasteiger charge is -2.23. The third-order valence-electron chi connectivity index (χ3n) is 3.83. The van der Waals surface area contributed by atoms with Gasteiger partial charge in [0, 0.05) is 43.7 Å². The number of anilines is 1. The van der Waals surface area contributed by atoms with Crippen molar-refractivity contribution >= 4 is 11.2 Å². The summed E-state index contributed by atoms with van der Waals surface area (Å²) in [4.78, 5) is 2.34. The number of aromatic nitrogens is 4. The Bertz CT molecular complexity index is 827. The van der Waals surface area contributed by atoms with E-state index in [-0.39, 0.29) is 0 Å². The summed E-state index contributed by atoms with van der Waals surface area (Å²) in [5.41, 5.74) is 5.64. The normalized spacial score (nSPS) is 11.1. The summed E-state index contributed by atoms with van der Waals surface area (Å²) in [5, 5.41) is 8.77. The minimum Gasteiger partial charge on any atom is -0.365 e. The van der Waals surface area contributed by atoms with Crippen molar-refractivity contribution in [1.82, 2.24) is 19.4 Å². The summed E-state index contributed by atoms with van der Waals surface area (Å²) >= 11 is 0. The predicted molar refractivity (Wildman–Crippen MR) is 94.7 cm³/mol. The molecule has 5 heteroatoms. The summed E-state index contributed by atoms with van der Waals surface area (Å²) in [6.45, 7) is 10.2. The van der Waals surface area contributed by atoms with Gasteiger partial charge in [-0.05, 0) is 19.4 Å². The summed E-state index contributed by atoms with van der Waals surface area (Å²) in [6, 6.07) is 4.26. The van der Waals surface area contributed by atoms with Gasteiger partial charge in [-0.2, -0.15) is 10.2 Å². The zero-order valence-corrected chi connectivity index (χ0v) is 14.0. The molecule has 0 amide bonds. The van der Waals surface area contributed by atoms with Crippen LogP contribution in [0, 0.1) is 0 Å². The van der Waals surface area contributed by atoms with Gasteiger partial charge in [0.05, 0.1) is 23.6 Å². The first-order chi connectivity index (χ1) is 11.1. The number of fused-ring (bicyclic) bond motifs is 1. The second kappa shape index (κ2) is 6.28. The Hall–Kier alpha value is -2.56. The zero-order chi connectivity index (χ0) is 16.4. The number of hydrogen-bond donors (Lipinski definition) is 0. The lowest BCUT2D eigenvalue weighted by molar-refractivity contribution is 0.768. The first-order valence-corrected chi connectivity index (χ1v) is 7.94. The fourth-order valence-electron chi connectivity index (χ4n) is 2.84. The molecule has 0 spiro atoms. The van der Waals surface area contributed by atoms with Gasteiger partial charge in [0.1, 0.15) is 0 Å². The predicted octanol–water partition coefficient (Wildman–Crippen LogP) is 3.53. The second-order valence-corrected chi connectivity index (χ2v) is 6.06. The molecule has 3 aromatic rings. The molecular formula is C18H23N5. The molecule has 0 radical (unpaired) electrons. The molecule has 3 rings (SSSR count). The van der Waals surface area contributed by atoms with Gasteiger partial charge in [0.25, 0.3) is 0 Å². The van der Waals surface area contributed by atoms with E-state index in [2.05, 4.69) is 53.9 Å². The van der Waals surface area contributed by atoms with E-state index in [0.717, 1.165) is 47.4 Å². The van der Waals surface area contributed by atoms with Crippen LogP contribution in [0.1, 0.15) is 20.3 Å². The van der Waals surface area contributed by atoms with Crippen LogP contribution < -0.4 is 4.90 Å². The highest BCUT2D eigenvalue weighted by atomic mass is 15.3. The van der Waals surface area contributed by atoms with Crippen LogP contribution in [0.3, 0.4) is 0 Å². The average molecular weight is 309 g/mol. The molecule has 23 heavy (non-hydrogen) atoms. The topological polar surface area (TPSA) is 38.4 Å². The monoisotopic (exact) mass is 309 g/mol. The van der Waals surface area contributed by atoms with Crippen molar-refractivity contribution in [1.29, 1.82) is 0 Å². The summed E-state index contributed by atoms with van der Waals surface area (Å²) in [7, 11) is 1.92. The van der Waals surface area contributed by atoms with Crippen molar-refractivity contribution in [2.24, 2.45) is 7.05 Å². The molecule has 0 atom stereocenters. The Morgan fingerprint density at radius 1 is 1.17 bits per heavy atom. The van der Waals surface area contributed by atoms with Crippen molar-refractivity contribution in [3.05, 3.63) is 49.1 Å². The Balaban J connectivity index is 1.99. The molecule has 0 saturated heterocycles. The molecule has 0 saturated carbocycles. The van der Waals surface area contributed by atoms with Crippen molar-refractivity contribution in [3.8, 4) is 11.1 Å². The first kappa shape index (κ1) is 15.3. The fraction of sp³-hybridized carbons (Fsp3) is 0.333. The number of hydrogen-bond acceptors (Lipinski definition) is 3. The van der Waals surface area contributed by atoms with Gasteiger partial charge in [-0.1, -0.05) is 25.1 Å². The van der Waals surface area contributed by atoms with E-state index in [9.17, 15) is 0 Å². The molecule has 0 fully saturated rings. The van der Waals surface area contributed by atoms with Gasteiger partial charge in [-0.15, -0.1) is 0 Å². The van der Waals surface area contributed by atoms with Crippen LogP contribution in [0.4, 0.5) is 5.69 Å². The third kappa shape index (κ3) is 3.13. The number of rotatable bonds is 6. The molecule has 120 valence electrons. The maximum absolute atomic E-state index is 4.54. The lowest BCUT2D eigenvalue weighted by atomic mass is 10.1. The third-order valence-corrected chi connectivity index (χ3v) is 3.83. The van der Waals surface area contributed by atoms with Crippen molar-refractivity contribution in [3.63, 3.8) is 0 Å². The maximum atomic E-state index is 4.54. The number of pyridine rings is 1. The molecule has 0 N–H and O–H groups in total. The van der Waals surface area contributed by atoms with E-state index in [4.69, 9.17) is 0 Å². The summed E-state index contributed by atoms with van der Waals surface area (Å²) < 4.78 is 3.75. The van der Waals surface area contributed by atoms with Crippen LogP contribution in [-0.2, 0) is 7.05 Å². The van der Waals surface area contributed by atoms with E-state index >= 15 is 0 Å². The Morgan fingerprint density at radius 2 is 2.00 bits per heavy atom. The largest absolute Gasteiger partial charge is 0.365 e. The zero-order valence-electron chi connectivity index (χ0n) is 14.0. The molecular weight excluding hydrogens is 286 g/mol. The van der Waals surface area contributed by atoms with E-state index in [0.29, 0.717) is 0 Å². The quantitative estimate of drug-likeness (QED) is 0.654. The Kier molecular flexibility index (Phi) is 4.19. The van der Waals surface area contributed by atoms with Crippen LogP contribution in [0.25, 0.3) is 16.6 Å². The average Bonchev–Trinajstić information content (AvgIpc) is 3.12. The molecule has 0 aliphatic rings. The first-order valence-electron chi connectivity index (χ1n) is 7.94. The highest BCUT2D eigenvalue weighted by Crippen LogP contribution is 2.26. The van der Waals surface area contributed by atoms with Gasteiger partial charge in [-0.3, -0.25) is 4.68 Å². The Morgan fingerprint density at radius 3 is 2.65 bits per heavy atom. The second-order valence-electron chi connectivity index (χ2n) is 6.06. The van der Waals surface area contributed by atoms with Crippen molar-refractivity contribution in [2.75, 3.05) is 18.0 Å². The molecule has 0 bridgehead atoms. The van der Waals surface area contributed by atoms with Crippen LogP contribution in [-0.4, -0.2) is 32.5 Å². The highest BCUT2D eigenvalue weighted by molar-refractivity contribution is 5.75. The van der Waals surface area contributed by atoms with Crippen LogP contribution in [0.2, 0.25) is 0 Å². The molecule has 0 aromatic carbocycles. The van der Waals surface area contributed by atoms with Gasteiger partial charge >= 0.3 is 0 Å². The number of aryl methyl sites for hydroxylation is 1. The number of nitrogens with zero attached hydrogens (tertiary/aromatic N) is 5. The smallest absolute Gasteiger partial charge is 0.0896 e. The van der Waals surface area contributed by atoms with Crippen LogP contribution in [0.5, 0.6) is 0 Å². The van der Waals surface area contributed by atoms with Crippen LogP contribution in [0.15, 0.2) is 49.1 Å².